The Morgan fingerprint density at radius 2 is 1.86 bits per heavy atom. The highest BCUT2D eigenvalue weighted by Crippen LogP contribution is 2.15. The number of esters is 1. The molecule has 118 valence electrons. The van der Waals surface area contributed by atoms with Crippen molar-refractivity contribution in [1.29, 1.82) is 0 Å². The second-order valence-electron chi connectivity index (χ2n) is 5.05. The molecule has 0 heterocycles. The number of hydrogen-bond donors (Lipinski definition) is 2. The number of carbonyl (C=O) groups excluding carboxylic acids is 1. The number of hydrogen-bond acceptors (Lipinski definition) is 4. The number of nitrogens with two attached hydrogens (primary N) is 2. The Morgan fingerprint density at radius 1 is 1.23 bits per heavy atom. The van der Waals surface area contributed by atoms with Gasteiger partial charge in [-0.2, -0.15) is 0 Å². The molecule has 0 bridgehead atoms. The summed E-state index contributed by atoms with van der Waals surface area (Å²) in [5, 5.41) is 0. The normalized spacial score (nSPS) is 12.7. The summed E-state index contributed by atoms with van der Waals surface area (Å²) in [7, 11) is 0. The molecule has 0 aliphatic rings. The second kappa shape index (κ2) is 8.72. The van der Waals surface area contributed by atoms with Crippen molar-refractivity contribution in [2.75, 3.05) is 18.1 Å². The van der Waals surface area contributed by atoms with Crippen LogP contribution in [0.5, 0.6) is 0 Å². The van der Waals surface area contributed by atoms with Gasteiger partial charge in [0.05, 0.1) is 5.56 Å². The SMILES string of the molecule is C/C=C(\C=C/C=C(C)CC)COC(=O)c1cc(N)cc(N)c1. The van der Waals surface area contributed by atoms with E-state index < -0.39 is 5.97 Å². The molecule has 4 N–H and O–H groups in total. The van der Waals surface area contributed by atoms with Gasteiger partial charge >= 0.3 is 5.97 Å². The van der Waals surface area contributed by atoms with Crippen molar-refractivity contribution in [3.63, 3.8) is 0 Å². The number of carbonyl (C=O) groups is 1. The van der Waals surface area contributed by atoms with E-state index in [4.69, 9.17) is 16.2 Å². The standard InChI is InChI=1S/C18H24N2O2/c1-4-13(3)7-6-8-14(5-2)12-22-18(21)15-9-16(19)11-17(20)10-15/h5-11H,4,12,19-20H2,1-3H3/b8-6-,13-7?,14-5+. The first-order valence-electron chi connectivity index (χ1n) is 7.28. The fourth-order valence-corrected chi connectivity index (χ4v) is 1.71. The van der Waals surface area contributed by atoms with Crippen molar-refractivity contribution in [1.82, 2.24) is 0 Å². The summed E-state index contributed by atoms with van der Waals surface area (Å²) < 4.78 is 5.28. The predicted octanol–water partition coefficient (Wildman–Crippen LogP) is 3.87. The van der Waals surface area contributed by atoms with Gasteiger partial charge in [-0.15, -0.1) is 0 Å². The summed E-state index contributed by atoms with van der Waals surface area (Å²) >= 11 is 0. The molecule has 0 aromatic heterocycles. The lowest BCUT2D eigenvalue weighted by atomic mass is 10.1. The lowest BCUT2D eigenvalue weighted by Gasteiger charge is -2.07. The molecule has 0 spiro atoms. The van der Waals surface area contributed by atoms with Crippen LogP contribution < -0.4 is 11.5 Å². The summed E-state index contributed by atoms with van der Waals surface area (Å²) in [6, 6.07) is 4.70. The monoisotopic (exact) mass is 300 g/mol. The zero-order chi connectivity index (χ0) is 16.5. The van der Waals surface area contributed by atoms with E-state index >= 15 is 0 Å². The van der Waals surface area contributed by atoms with Gasteiger partial charge in [0.1, 0.15) is 6.61 Å². The molecule has 0 amide bonds. The van der Waals surface area contributed by atoms with Crippen LogP contribution in [-0.4, -0.2) is 12.6 Å². The highest BCUT2D eigenvalue weighted by molar-refractivity contribution is 5.91. The number of benzene rings is 1. The number of nitrogen functional groups attached to an aromatic ring is 2. The molecular weight excluding hydrogens is 276 g/mol. The number of anilines is 2. The van der Waals surface area contributed by atoms with Crippen molar-refractivity contribution in [3.05, 3.63) is 59.2 Å². The Kier molecular flexibility index (Phi) is 6.96. The first-order chi connectivity index (χ1) is 10.5. The third kappa shape index (κ3) is 5.87. The number of allylic oxidation sites excluding steroid dienone is 4. The van der Waals surface area contributed by atoms with Gasteiger partial charge in [-0.3, -0.25) is 0 Å². The van der Waals surface area contributed by atoms with Crippen molar-refractivity contribution in [2.45, 2.75) is 27.2 Å². The Labute approximate surface area is 132 Å². The largest absolute Gasteiger partial charge is 0.457 e. The minimum Gasteiger partial charge on any atom is -0.457 e. The maximum absolute atomic E-state index is 12.0. The van der Waals surface area contributed by atoms with Gasteiger partial charge in [-0.25, -0.2) is 4.79 Å². The van der Waals surface area contributed by atoms with Crippen LogP contribution in [-0.2, 0) is 4.74 Å². The molecule has 22 heavy (non-hydrogen) atoms. The minimum absolute atomic E-state index is 0.208. The van der Waals surface area contributed by atoms with Gasteiger partial charge in [0.2, 0.25) is 0 Å². The Hall–Kier alpha value is -2.49. The predicted molar refractivity (Wildman–Crippen MR) is 92.5 cm³/mol. The summed E-state index contributed by atoms with van der Waals surface area (Å²) in [5.74, 6) is -0.438. The quantitative estimate of drug-likeness (QED) is 0.475. The van der Waals surface area contributed by atoms with Crippen LogP contribution in [0.15, 0.2) is 53.6 Å². The first-order valence-corrected chi connectivity index (χ1v) is 7.28. The maximum atomic E-state index is 12.0. The topological polar surface area (TPSA) is 78.3 Å². The molecule has 1 rings (SSSR count). The van der Waals surface area contributed by atoms with Gasteiger partial charge in [0.25, 0.3) is 0 Å². The molecule has 0 atom stereocenters. The van der Waals surface area contributed by atoms with Crippen LogP contribution in [0.3, 0.4) is 0 Å². The minimum atomic E-state index is -0.438. The van der Waals surface area contributed by atoms with Crippen molar-refractivity contribution >= 4 is 17.3 Å². The van der Waals surface area contributed by atoms with Gasteiger partial charge < -0.3 is 16.2 Å². The molecule has 4 heteroatoms. The average molecular weight is 300 g/mol. The molecule has 0 aliphatic carbocycles. The van der Waals surface area contributed by atoms with Gasteiger partial charge in [0.15, 0.2) is 0 Å². The third-order valence-corrected chi connectivity index (χ3v) is 3.20. The van der Waals surface area contributed by atoms with Crippen LogP contribution in [0.25, 0.3) is 0 Å². The van der Waals surface area contributed by atoms with E-state index in [9.17, 15) is 4.79 Å². The fraction of sp³-hybridized carbons (Fsp3) is 0.278. The van der Waals surface area contributed by atoms with Gasteiger partial charge in [-0.1, -0.05) is 36.8 Å². The van der Waals surface area contributed by atoms with Crippen LogP contribution in [0.2, 0.25) is 0 Å². The molecule has 1 aromatic carbocycles. The van der Waals surface area contributed by atoms with Crippen molar-refractivity contribution in [2.24, 2.45) is 0 Å². The molecular formula is C18H24N2O2. The summed E-state index contributed by atoms with van der Waals surface area (Å²) in [6.07, 6.45) is 8.86. The molecule has 0 aliphatic heterocycles. The van der Waals surface area contributed by atoms with E-state index in [1.54, 1.807) is 18.2 Å². The van der Waals surface area contributed by atoms with E-state index in [1.165, 1.54) is 5.57 Å². The Morgan fingerprint density at radius 3 is 2.41 bits per heavy atom. The summed E-state index contributed by atoms with van der Waals surface area (Å²) in [4.78, 5) is 12.0. The smallest absolute Gasteiger partial charge is 0.338 e. The highest BCUT2D eigenvalue weighted by atomic mass is 16.5. The Bertz CT molecular complexity index is 593. The zero-order valence-corrected chi connectivity index (χ0v) is 13.4. The lowest BCUT2D eigenvalue weighted by Crippen LogP contribution is -2.08. The summed E-state index contributed by atoms with van der Waals surface area (Å²) in [6.45, 7) is 6.29. The van der Waals surface area contributed by atoms with E-state index in [0.29, 0.717) is 16.9 Å². The fourth-order valence-electron chi connectivity index (χ4n) is 1.71. The average Bonchev–Trinajstić information content (AvgIpc) is 2.48. The maximum Gasteiger partial charge on any atom is 0.338 e. The van der Waals surface area contributed by atoms with Gasteiger partial charge in [-0.05, 0) is 44.0 Å². The van der Waals surface area contributed by atoms with E-state index in [0.717, 1.165) is 12.0 Å². The number of ether oxygens (including phenoxy) is 1. The zero-order valence-electron chi connectivity index (χ0n) is 13.4. The number of rotatable bonds is 6. The molecule has 0 saturated heterocycles. The Balaban J connectivity index is 2.65. The van der Waals surface area contributed by atoms with Crippen LogP contribution >= 0.6 is 0 Å². The van der Waals surface area contributed by atoms with Gasteiger partial charge in [0, 0.05) is 11.4 Å². The highest BCUT2D eigenvalue weighted by Gasteiger charge is 2.09. The van der Waals surface area contributed by atoms with E-state index in [1.807, 2.05) is 31.2 Å². The molecule has 4 nitrogen and oxygen atoms in total. The van der Waals surface area contributed by atoms with E-state index in [-0.39, 0.29) is 6.61 Å². The first kappa shape index (κ1) is 17.6. The van der Waals surface area contributed by atoms with Crippen LogP contribution in [0.1, 0.15) is 37.6 Å². The van der Waals surface area contributed by atoms with E-state index in [2.05, 4.69) is 13.8 Å². The van der Waals surface area contributed by atoms with Crippen LogP contribution in [0, 0.1) is 0 Å². The molecule has 0 fully saturated rings. The van der Waals surface area contributed by atoms with Crippen molar-refractivity contribution < 1.29 is 9.53 Å². The molecule has 1 aromatic rings. The molecule has 0 radical (unpaired) electrons. The van der Waals surface area contributed by atoms with Crippen molar-refractivity contribution in [3.8, 4) is 0 Å². The lowest BCUT2D eigenvalue weighted by molar-refractivity contribution is 0.0543. The third-order valence-electron chi connectivity index (χ3n) is 3.20. The molecule has 0 unspecified atom stereocenters. The second-order valence-corrected chi connectivity index (χ2v) is 5.05. The molecule has 0 saturated carbocycles. The van der Waals surface area contributed by atoms with Crippen LogP contribution in [0.4, 0.5) is 11.4 Å². The summed E-state index contributed by atoms with van der Waals surface area (Å²) in [5.41, 5.74) is 14.8.